The van der Waals surface area contributed by atoms with E-state index in [2.05, 4.69) is 11.4 Å². The second kappa shape index (κ2) is 6.55. The van der Waals surface area contributed by atoms with Gasteiger partial charge in [-0.15, -0.1) is 0 Å². The zero-order chi connectivity index (χ0) is 21.2. The van der Waals surface area contributed by atoms with Gasteiger partial charge >= 0.3 is 0 Å². The maximum Gasteiger partial charge on any atom is 0.233 e. The van der Waals surface area contributed by atoms with E-state index in [0.29, 0.717) is 11.3 Å². The number of nitrogens with zero attached hydrogens (tertiary/aromatic N) is 1. The van der Waals surface area contributed by atoms with Crippen LogP contribution in [0.3, 0.4) is 0 Å². The van der Waals surface area contributed by atoms with Crippen LogP contribution in [-0.4, -0.2) is 36.8 Å². The minimum absolute atomic E-state index is 0.185. The van der Waals surface area contributed by atoms with E-state index in [9.17, 15) is 14.4 Å². The molecule has 2 aromatic carbocycles. The number of carbonyl (C=O) groups excluding carboxylic acids is 3. The summed E-state index contributed by atoms with van der Waals surface area (Å²) in [5, 5.41) is 2.45. The number of amides is 2. The first-order valence-corrected chi connectivity index (χ1v) is 10.0. The maximum atomic E-state index is 13.7. The molecular formula is C24H22N2O4. The lowest BCUT2D eigenvalue weighted by molar-refractivity contribution is -0.126. The van der Waals surface area contributed by atoms with Crippen molar-refractivity contribution in [3.05, 3.63) is 65.2 Å². The molecule has 0 bridgehead atoms. The van der Waals surface area contributed by atoms with Gasteiger partial charge in [0.25, 0.3) is 0 Å². The van der Waals surface area contributed by atoms with Crippen molar-refractivity contribution < 1.29 is 19.1 Å². The van der Waals surface area contributed by atoms with Gasteiger partial charge in [-0.2, -0.15) is 0 Å². The highest BCUT2D eigenvalue weighted by molar-refractivity contribution is 6.14. The van der Waals surface area contributed by atoms with Gasteiger partial charge in [0, 0.05) is 16.8 Å². The van der Waals surface area contributed by atoms with Crippen LogP contribution in [0.1, 0.15) is 28.4 Å². The van der Waals surface area contributed by atoms with Gasteiger partial charge in [0.1, 0.15) is 11.8 Å². The third-order valence-corrected chi connectivity index (χ3v) is 6.47. The Hall–Kier alpha value is -3.41. The smallest absolute Gasteiger partial charge is 0.233 e. The van der Waals surface area contributed by atoms with Crippen LogP contribution < -0.4 is 15.0 Å². The lowest BCUT2D eigenvalue weighted by Crippen LogP contribution is -2.48. The molecule has 6 nitrogen and oxygen atoms in total. The summed E-state index contributed by atoms with van der Waals surface area (Å²) >= 11 is 0. The SMILES string of the molecule is COc1cccc(C(=O)[C@@H]2[C@H]3C(=O)NC(=O)[C@@H]3[C@@H]3C=C(C)c4cc(C)ccc4N23)c1. The molecule has 30 heavy (non-hydrogen) atoms. The largest absolute Gasteiger partial charge is 0.497 e. The van der Waals surface area contributed by atoms with E-state index in [-0.39, 0.29) is 23.6 Å². The predicted octanol–water partition coefficient (Wildman–Crippen LogP) is 2.75. The average molecular weight is 402 g/mol. The monoisotopic (exact) mass is 402 g/mol. The number of hydrogen-bond acceptors (Lipinski definition) is 5. The third-order valence-electron chi connectivity index (χ3n) is 6.47. The summed E-state index contributed by atoms with van der Waals surface area (Å²) in [4.78, 5) is 41.1. The van der Waals surface area contributed by atoms with Crippen LogP contribution in [0.4, 0.5) is 5.69 Å². The molecule has 0 unspecified atom stereocenters. The van der Waals surface area contributed by atoms with Crippen LogP contribution in [0.25, 0.3) is 5.57 Å². The van der Waals surface area contributed by atoms with Crippen LogP contribution in [0, 0.1) is 18.8 Å². The van der Waals surface area contributed by atoms with Crippen molar-refractivity contribution in [3.63, 3.8) is 0 Å². The lowest BCUT2D eigenvalue weighted by atomic mass is 9.85. The average Bonchev–Trinajstić information content (AvgIpc) is 3.23. The second-order valence-corrected chi connectivity index (χ2v) is 8.21. The molecule has 152 valence electrons. The summed E-state index contributed by atoms with van der Waals surface area (Å²) < 4.78 is 5.27. The summed E-state index contributed by atoms with van der Waals surface area (Å²) in [6.45, 7) is 4.03. The fraction of sp³-hybridized carbons (Fsp3) is 0.292. The Balaban J connectivity index is 1.68. The summed E-state index contributed by atoms with van der Waals surface area (Å²) in [5.74, 6) is -1.60. The molecule has 0 aromatic heterocycles. The number of benzene rings is 2. The van der Waals surface area contributed by atoms with Crippen LogP contribution in [0.5, 0.6) is 5.75 Å². The Kier molecular flexibility index (Phi) is 4.07. The van der Waals surface area contributed by atoms with Gasteiger partial charge < -0.3 is 9.64 Å². The van der Waals surface area contributed by atoms with Crippen molar-refractivity contribution in [2.75, 3.05) is 12.0 Å². The molecule has 3 heterocycles. The Bertz CT molecular complexity index is 1140. The van der Waals surface area contributed by atoms with Crippen molar-refractivity contribution in [1.82, 2.24) is 5.32 Å². The predicted molar refractivity (Wildman–Crippen MR) is 112 cm³/mol. The van der Waals surface area contributed by atoms with Gasteiger partial charge in [0.15, 0.2) is 5.78 Å². The zero-order valence-corrected chi connectivity index (χ0v) is 17.0. The Morgan fingerprint density at radius 3 is 2.57 bits per heavy atom. The van der Waals surface area contributed by atoms with Gasteiger partial charge in [-0.05, 0) is 43.7 Å². The van der Waals surface area contributed by atoms with Crippen molar-refractivity contribution in [3.8, 4) is 5.75 Å². The number of aryl methyl sites for hydroxylation is 1. The number of allylic oxidation sites excluding steroid dienone is 1. The fourth-order valence-electron chi connectivity index (χ4n) is 5.12. The van der Waals surface area contributed by atoms with Gasteiger partial charge in [0.05, 0.1) is 25.0 Å². The first kappa shape index (κ1) is 18.6. The number of imide groups is 1. The van der Waals surface area contributed by atoms with E-state index < -0.39 is 17.9 Å². The fourth-order valence-corrected chi connectivity index (χ4v) is 5.12. The number of ketones is 1. The van der Waals surface area contributed by atoms with Gasteiger partial charge in [-0.1, -0.05) is 29.8 Å². The summed E-state index contributed by atoms with van der Waals surface area (Å²) in [7, 11) is 1.55. The molecule has 4 atom stereocenters. The normalized spacial score (nSPS) is 26.5. The molecule has 2 amide bonds. The van der Waals surface area contributed by atoms with Crippen molar-refractivity contribution in [2.45, 2.75) is 25.9 Å². The van der Waals surface area contributed by atoms with Crippen LogP contribution in [0.2, 0.25) is 0 Å². The quantitative estimate of drug-likeness (QED) is 0.631. The maximum absolute atomic E-state index is 13.7. The first-order chi connectivity index (χ1) is 14.4. The minimum Gasteiger partial charge on any atom is -0.497 e. The standard InChI is InChI=1S/C24H22N2O4/c1-12-7-8-17-16(9-12)13(2)10-18-19-20(24(29)25-23(19)28)21(26(17)18)22(27)14-5-4-6-15(11-14)30-3/h4-11,18-21H,1-3H3,(H,25,28,29)/t18-,19+,20-,21-/m0/s1. The van der Waals surface area contributed by atoms with Gasteiger partial charge in [-0.25, -0.2) is 0 Å². The van der Waals surface area contributed by atoms with Crippen molar-refractivity contribution in [1.29, 1.82) is 0 Å². The summed E-state index contributed by atoms with van der Waals surface area (Å²) in [6, 6.07) is 11.9. The molecule has 2 aromatic rings. The van der Waals surface area contributed by atoms with Crippen LogP contribution in [0.15, 0.2) is 48.5 Å². The van der Waals surface area contributed by atoms with E-state index >= 15 is 0 Å². The first-order valence-electron chi connectivity index (χ1n) is 10.0. The number of rotatable bonds is 3. The van der Waals surface area contributed by atoms with Crippen molar-refractivity contribution in [2.24, 2.45) is 11.8 Å². The summed E-state index contributed by atoms with van der Waals surface area (Å²) in [5.41, 5.74) is 4.55. The number of carbonyl (C=O) groups is 3. The molecule has 1 N–H and O–H groups in total. The number of methoxy groups -OCH3 is 1. The molecular weight excluding hydrogens is 380 g/mol. The van der Waals surface area contributed by atoms with Crippen LogP contribution >= 0.6 is 0 Å². The van der Waals surface area contributed by atoms with Crippen molar-refractivity contribution >= 4 is 28.9 Å². The Morgan fingerprint density at radius 1 is 1.03 bits per heavy atom. The molecule has 0 radical (unpaired) electrons. The number of hydrogen-bond donors (Lipinski definition) is 1. The number of fused-ring (bicyclic) bond motifs is 5. The number of nitrogens with one attached hydrogen (secondary N) is 1. The second-order valence-electron chi connectivity index (χ2n) is 8.21. The highest BCUT2D eigenvalue weighted by Gasteiger charge is 2.61. The molecule has 2 saturated heterocycles. The van der Waals surface area contributed by atoms with Crippen LogP contribution in [-0.2, 0) is 9.59 Å². The lowest BCUT2D eigenvalue weighted by Gasteiger charge is -2.37. The van der Waals surface area contributed by atoms with E-state index in [4.69, 9.17) is 4.74 Å². The van der Waals surface area contributed by atoms with E-state index in [1.807, 2.05) is 37.0 Å². The Morgan fingerprint density at radius 2 is 1.80 bits per heavy atom. The zero-order valence-electron chi connectivity index (χ0n) is 17.0. The third kappa shape index (κ3) is 2.53. The molecule has 0 saturated carbocycles. The summed E-state index contributed by atoms with van der Waals surface area (Å²) in [6.07, 6.45) is 2.02. The van der Waals surface area contributed by atoms with E-state index in [0.717, 1.165) is 22.4 Å². The van der Waals surface area contributed by atoms with Gasteiger partial charge in [-0.3, -0.25) is 19.7 Å². The number of Topliss-reactive ketones (excluding diaryl/α,β-unsaturated/α-hetero) is 1. The molecule has 5 rings (SSSR count). The number of ether oxygens (including phenoxy) is 1. The van der Waals surface area contributed by atoms with E-state index in [1.54, 1.807) is 31.4 Å². The topological polar surface area (TPSA) is 75.7 Å². The molecule has 6 heteroatoms. The molecule has 0 spiro atoms. The Labute approximate surface area is 174 Å². The molecule has 0 aliphatic carbocycles. The highest BCUT2D eigenvalue weighted by Crippen LogP contribution is 2.48. The molecule has 3 aliphatic rings. The minimum atomic E-state index is -0.760. The number of anilines is 1. The van der Waals surface area contributed by atoms with E-state index in [1.165, 1.54) is 0 Å². The highest BCUT2D eigenvalue weighted by atomic mass is 16.5. The van der Waals surface area contributed by atoms with Gasteiger partial charge in [0.2, 0.25) is 11.8 Å². The molecule has 3 aliphatic heterocycles. The molecule has 2 fully saturated rings.